The van der Waals surface area contributed by atoms with E-state index in [1.165, 1.54) is 0 Å². The maximum Gasteiger partial charge on any atom is 0.114 e. The molecule has 5 heteroatoms. The maximum absolute atomic E-state index is 8.67. The highest BCUT2D eigenvalue weighted by Crippen LogP contribution is 2.14. The largest absolute Gasteiger partial charge is 0.395 e. The van der Waals surface area contributed by atoms with Gasteiger partial charge >= 0.3 is 0 Å². The van der Waals surface area contributed by atoms with Gasteiger partial charge in [-0.2, -0.15) is 0 Å². The van der Waals surface area contributed by atoms with Crippen molar-refractivity contribution in [2.24, 2.45) is 5.73 Å². The molecule has 1 aromatic rings. The summed E-state index contributed by atoms with van der Waals surface area (Å²) >= 11 is 1.60. The Balaban J connectivity index is 2.20. The average Bonchev–Trinajstić information content (AvgIpc) is 2.19. The number of rotatable bonds is 5. The van der Waals surface area contributed by atoms with Crippen molar-refractivity contribution in [3.63, 3.8) is 0 Å². The molecular weight excluding hydrogens is 186 g/mol. The van der Waals surface area contributed by atoms with E-state index in [9.17, 15) is 0 Å². The quantitative estimate of drug-likeness (QED) is 0.666. The number of hydrogen-bond acceptors (Lipinski definition) is 5. The summed E-state index contributed by atoms with van der Waals surface area (Å²) in [5.74, 6) is 0.862. The molecule has 0 saturated heterocycles. The van der Waals surface area contributed by atoms with Gasteiger partial charge in [0, 0.05) is 24.2 Å². The van der Waals surface area contributed by atoms with Crippen LogP contribution in [0.1, 0.15) is 6.42 Å². The third-order valence-corrected chi connectivity index (χ3v) is 2.46. The Morgan fingerprint density at radius 1 is 1.54 bits per heavy atom. The lowest BCUT2D eigenvalue weighted by Crippen LogP contribution is -2.24. The van der Waals surface area contributed by atoms with Gasteiger partial charge in [0.05, 0.1) is 12.8 Å². The number of aliphatic hydroxyl groups is 1. The molecule has 0 saturated carbocycles. The van der Waals surface area contributed by atoms with Crippen molar-refractivity contribution in [3.05, 3.63) is 18.6 Å². The van der Waals surface area contributed by atoms with Crippen LogP contribution in [0.25, 0.3) is 0 Å². The zero-order chi connectivity index (χ0) is 9.52. The van der Waals surface area contributed by atoms with Crippen LogP contribution >= 0.6 is 11.8 Å². The zero-order valence-corrected chi connectivity index (χ0v) is 8.07. The van der Waals surface area contributed by atoms with Crippen LogP contribution in [0, 0.1) is 0 Å². The van der Waals surface area contributed by atoms with E-state index in [0.29, 0.717) is 0 Å². The van der Waals surface area contributed by atoms with Crippen LogP contribution < -0.4 is 5.73 Å². The molecule has 0 aromatic carbocycles. The highest BCUT2D eigenvalue weighted by atomic mass is 32.2. The molecule has 72 valence electrons. The van der Waals surface area contributed by atoms with Gasteiger partial charge in [0.2, 0.25) is 0 Å². The number of hydrogen-bond donors (Lipinski definition) is 2. The van der Waals surface area contributed by atoms with Crippen molar-refractivity contribution >= 4 is 11.8 Å². The first kappa shape index (κ1) is 10.4. The van der Waals surface area contributed by atoms with E-state index in [4.69, 9.17) is 10.8 Å². The van der Waals surface area contributed by atoms with Crippen LogP contribution in [0.3, 0.4) is 0 Å². The van der Waals surface area contributed by atoms with Gasteiger partial charge in [-0.25, -0.2) is 4.98 Å². The van der Waals surface area contributed by atoms with Gasteiger partial charge < -0.3 is 10.8 Å². The molecular formula is C8H13N3OS. The van der Waals surface area contributed by atoms with Crippen molar-refractivity contribution in [1.29, 1.82) is 0 Å². The normalized spacial score (nSPS) is 12.8. The summed E-state index contributed by atoms with van der Waals surface area (Å²) in [5.41, 5.74) is 5.54. The second-order valence-electron chi connectivity index (χ2n) is 2.62. The van der Waals surface area contributed by atoms with Gasteiger partial charge in [0.1, 0.15) is 5.03 Å². The number of nitrogens with zero attached hydrogens (tertiary/aromatic N) is 2. The summed E-state index contributed by atoms with van der Waals surface area (Å²) in [6, 6.07) is -0.121. The number of thioether (sulfide) groups is 1. The number of nitrogens with two attached hydrogens (primary N) is 1. The fraction of sp³-hybridized carbons (Fsp3) is 0.500. The summed E-state index contributed by atoms with van der Waals surface area (Å²) in [5, 5.41) is 9.57. The molecule has 0 bridgehead atoms. The summed E-state index contributed by atoms with van der Waals surface area (Å²) < 4.78 is 0. The lowest BCUT2D eigenvalue weighted by Gasteiger charge is -2.05. The number of aromatic nitrogens is 2. The Hall–Kier alpha value is -0.650. The Morgan fingerprint density at radius 3 is 3.00 bits per heavy atom. The molecule has 3 N–H and O–H groups in total. The highest BCUT2D eigenvalue weighted by molar-refractivity contribution is 7.99. The molecule has 0 aliphatic heterocycles. The fourth-order valence-electron chi connectivity index (χ4n) is 0.766. The number of aliphatic hydroxyl groups excluding tert-OH is 1. The third kappa shape index (κ3) is 4.21. The van der Waals surface area contributed by atoms with Gasteiger partial charge in [-0.15, -0.1) is 11.8 Å². The minimum atomic E-state index is -0.121. The summed E-state index contributed by atoms with van der Waals surface area (Å²) in [4.78, 5) is 8.04. The van der Waals surface area contributed by atoms with Crippen LogP contribution in [-0.4, -0.2) is 33.5 Å². The van der Waals surface area contributed by atoms with Crippen LogP contribution in [-0.2, 0) is 0 Å². The molecule has 1 heterocycles. The van der Waals surface area contributed by atoms with Crippen molar-refractivity contribution in [3.8, 4) is 0 Å². The van der Waals surface area contributed by atoms with Gasteiger partial charge in [-0.1, -0.05) is 0 Å². The van der Waals surface area contributed by atoms with Crippen molar-refractivity contribution in [1.82, 2.24) is 9.97 Å². The first-order chi connectivity index (χ1) is 6.33. The topological polar surface area (TPSA) is 72.0 Å². The Labute approximate surface area is 81.6 Å². The average molecular weight is 199 g/mol. The second kappa shape index (κ2) is 5.90. The molecule has 0 amide bonds. The molecule has 0 radical (unpaired) electrons. The van der Waals surface area contributed by atoms with E-state index in [1.807, 2.05) is 0 Å². The Kier molecular flexibility index (Phi) is 4.74. The summed E-state index contributed by atoms with van der Waals surface area (Å²) in [6.07, 6.45) is 5.81. The SMILES string of the molecule is NC(CO)CCSc1cnccn1. The highest BCUT2D eigenvalue weighted by Gasteiger charge is 2.00. The molecule has 1 atom stereocenters. The van der Waals surface area contributed by atoms with E-state index in [1.54, 1.807) is 30.4 Å². The molecule has 1 aromatic heterocycles. The first-order valence-corrected chi connectivity index (χ1v) is 5.06. The van der Waals surface area contributed by atoms with Crippen molar-refractivity contribution < 1.29 is 5.11 Å². The minimum Gasteiger partial charge on any atom is -0.395 e. The monoisotopic (exact) mass is 199 g/mol. The lowest BCUT2D eigenvalue weighted by molar-refractivity contribution is 0.264. The summed E-state index contributed by atoms with van der Waals surface area (Å²) in [7, 11) is 0. The van der Waals surface area contributed by atoms with Crippen LogP contribution in [0.2, 0.25) is 0 Å². The van der Waals surface area contributed by atoms with E-state index in [-0.39, 0.29) is 12.6 Å². The van der Waals surface area contributed by atoms with Gasteiger partial charge in [-0.3, -0.25) is 4.98 Å². The Morgan fingerprint density at radius 2 is 2.38 bits per heavy atom. The van der Waals surface area contributed by atoms with Crippen LogP contribution in [0.5, 0.6) is 0 Å². The minimum absolute atomic E-state index is 0.0427. The van der Waals surface area contributed by atoms with Crippen molar-refractivity contribution in [2.45, 2.75) is 17.5 Å². The van der Waals surface area contributed by atoms with Crippen LogP contribution in [0.4, 0.5) is 0 Å². The van der Waals surface area contributed by atoms with Gasteiger partial charge in [0.15, 0.2) is 0 Å². The molecule has 0 spiro atoms. The van der Waals surface area contributed by atoms with Gasteiger partial charge in [-0.05, 0) is 6.42 Å². The standard InChI is InChI=1S/C8H13N3OS/c9-7(6-12)1-4-13-8-5-10-2-3-11-8/h2-3,5,7,12H,1,4,6,9H2. The van der Waals surface area contributed by atoms with E-state index in [2.05, 4.69) is 9.97 Å². The van der Waals surface area contributed by atoms with E-state index < -0.39 is 0 Å². The molecule has 0 aliphatic carbocycles. The predicted octanol–water partition coefficient (Wildman–Crippen LogP) is 0.278. The molecule has 4 nitrogen and oxygen atoms in total. The molecule has 1 rings (SSSR count). The second-order valence-corrected chi connectivity index (χ2v) is 3.74. The lowest BCUT2D eigenvalue weighted by atomic mass is 10.3. The maximum atomic E-state index is 8.67. The molecule has 0 aliphatic rings. The van der Waals surface area contributed by atoms with Crippen molar-refractivity contribution in [2.75, 3.05) is 12.4 Å². The molecule has 1 unspecified atom stereocenters. The summed E-state index contributed by atoms with van der Waals surface area (Å²) in [6.45, 7) is 0.0427. The van der Waals surface area contributed by atoms with E-state index >= 15 is 0 Å². The molecule has 0 fully saturated rings. The first-order valence-electron chi connectivity index (χ1n) is 4.08. The fourth-order valence-corrected chi connectivity index (χ4v) is 1.67. The van der Waals surface area contributed by atoms with E-state index in [0.717, 1.165) is 17.2 Å². The smallest absolute Gasteiger partial charge is 0.114 e. The predicted molar refractivity (Wildman–Crippen MR) is 52.4 cm³/mol. The molecule has 13 heavy (non-hydrogen) atoms. The Bertz CT molecular complexity index is 232. The zero-order valence-electron chi connectivity index (χ0n) is 7.26. The van der Waals surface area contributed by atoms with Gasteiger partial charge in [0.25, 0.3) is 0 Å². The third-order valence-electron chi connectivity index (χ3n) is 1.51. The van der Waals surface area contributed by atoms with Crippen LogP contribution in [0.15, 0.2) is 23.6 Å².